The lowest BCUT2D eigenvalue weighted by Crippen LogP contribution is -2.09. The van der Waals surface area contributed by atoms with Crippen molar-refractivity contribution in [3.05, 3.63) is 72.7 Å². The molecule has 6 nitrogen and oxygen atoms in total. The molecule has 0 unspecified atom stereocenters. The number of nitrogens with zero attached hydrogens (tertiary/aromatic N) is 2. The van der Waals surface area contributed by atoms with Gasteiger partial charge in [-0.15, -0.1) is 0 Å². The van der Waals surface area contributed by atoms with Crippen LogP contribution in [-0.2, 0) is 4.79 Å². The van der Waals surface area contributed by atoms with Crippen LogP contribution in [0.1, 0.15) is 13.3 Å². The smallest absolute Gasteiger partial charge is 0.224 e. The van der Waals surface area contributed by atoms with Crippen molar-refractivity contribution in [2.75, 3.05) is 16.9 Å². The van der Waals surface area contributed by atoms with Gasteiger partial charge in [-0.25, -0.2) is 14.4 Å². The number of hydrogen-bond donors (Lipinski definition) is 3. The summed E-state index contributed by atoms with van der Waals surface area (Å²) in [4.78, 5) is 24.1. The number of pyridine rings is 1. The number of imidazole rings is 1. The van der Waals surface area contributed by atoms with E-state index in [0.29, 0.717) is 17.9 Å². The van der Waals surface area contributed by atoms with E-state index in [2.05, 4.69) is 20.6 Å². The van der Waals surface area contributed by atoms with E-state index in [1.54, 1.807) is 18.3 Å². The molecule has 0 aliphatic rings. The Bertz CT molecular complexity index is 1240. The van der Waals surface area contributed by atoms with Crippen LogP contribution in [0, 0.1) is 5.82 Å². The molecule has 162 valence electrons. The summed E-state index contributed by atoms with van der Waals surface area (Å²) in [5.74, 6) is 0.312. The van der Waals surface area contributed by atoms with E-state index >= 15 is 0 Å². The van der Waals surface area contributed by atoms with Gasteiger partial charge in [-0.1, -0.05) is 24.8 Å². The first-order chi connectivity index (χ1) is 15.6. The molecule has 4 aromatic rings. The maximum atomic E-state index is 13.4. The van der Waals surface area contributed by atoms with Crippen LogP contribution in [0.3, 0.4) is 0 Å². The first-order valence-electron chi connectivity index (χ1n) is 10.1. The predicted molar refractivity (Wildman–Crippen MR) is 128 cm³/mol. The summed E-state index contributed by atoms with van der Waals surface area (Å²) < 4.78 is 13.4. The average molecular weight is 448 g/mol. The molecule has 3 N–H and O–H groups in total. The number of aromatic amines is 1. The monoisotopic (exact) mass is 447 g/mol. The fourth-order valence-electron chi connectivity index (χ4n) is 3.20. The van der Waals surface area contributed by atoms with Crippen LogP contribution in [-0.4, -0.2) is 27.1 Å². The number of halogens is 1. The Hall–Kier alpha value is -3.65. The molecule has 0 fully saturated rings. The summed E-state index contributed by atoms with van der Waals surface area (Å²) >= 11 is 1.50. The highest BCUT2D eigenvalue weighted by Crippen LogP contribution is 2.33. The van der Waals surface area contributed by atoms with Gasteiger partial charge in [0.15, 0.2) is 5.16 Å². The molecule has 2 aromatic carbocycles. The molecule has 0 atom stereocenters. The summed E-state index contributed by atoms with van der Waals surface area (Å²) in [5.41, 5.74) is 4.81. The Labute approximate surface area is 189 Å². The second-order valence-corrected chi connectivity index (χ2v) is 7.81. The normalized spacial score (nSPS) is 10.7. The highest BCUT2D eigenvalue weighted by molar-refractivity contribution is 7.98. The van der Waals surface area contributed by atoms with Crippen molar-refractivity contribution >= 4 is 34.9 Å². The summed E-state index contributed by atoms with van der Waals surface area (Å²) in [6, 6.07) is 17.6. The van der Waals surface area contributed by atoms with Gasteiger partial charge in [0.05, 0.1) is 11.4 Å². The third-order valence-corrected chi connectivity index (χ3v) is 5.36. The molecule has 8 heteroatoms. The number of thioether (sulfide) groups is 1. The molecule has 0 radical (unpaired) electrons. The zero-order valence-corrected chi connectivity index (χ0v) is 18.5. The lowest BCUT2D eigenvalue weighted by molar-refractivity contribution is -0.115. The summed E-state index contributed by atoms with van der Waals surface area (Å²) in [5, 5.41) is 6.90. The predicted octanol–water partition coefficient (Wildman–Crippen LogP) is 6.09. The maximum absolute atomic E-state index is 13.4. The Kier molecular flexibility index (Phi) is 6.51. The second kappa shape index (κ2) is 9.65. The largest absolute Gasteiger partial charge is 0.340 e. The number of hydrogen-bond acceptors (Lipinski definition) is 5. The number of carbonyl (C=O) groups is 1. The Morgan fingerprint density at radius 3 is 2.59 bits per heavy atom. The van der Waals surface area contributed by atoms with Crippen LogP contribution in [0.15, 0.2) is 72.0 Å². The molecule has 0 bridgehead atoms. The summed E-state index contributed by atoms with van der Waals surface area (Å²) in [7, 11) is 0. The quantitative estimate of drug-likeness (QED) is 0.299. The maximum Gasteiger partial charge on any atom is 0.224 e. The van der Waals surface area contributed by atoms with Crippen molar-refractivity contribution in [1.29, 1.82) is 0 Å². The molecule has 2 heterocycles. The molecular formula is C24H22FN5OS. The molecule has 0 saturated heterocycles. The van der Waals surface area contributed by atoms with Gasteiger partial charge >= 0.3 is 0 Å². The molecule has 32 heavy (non-hydrogen) atoms. The van der Waals surface area contributed by atoms with Crippen molar-refractivity contribution in [2.24, 2.45) is 0 Å². The fraction of sp³-hybridized carbons (Fsp3) is 0.125. The number of aromatic nitrogens is 3. The minimum atomic E-state index is -0.285. The number of nitrogens with one attached hydrogen (secondary N) is 3. The van der Waals surface area contributed by atoms with E-state index in [-0.39, 0.29) is 11.7 Å². The Morgan fingerprint density at radius 1 is 1.06 bits per heavy atom. The van der Waals surface area contributed by atoms with E-state index in [1.165, 1.54) is 23.9 Å². The van der Waals surface area contributed by atoms with Gasteiger partial charge in [0.25, 0.3) is 0 Å². The van der Waals surface area contributed by atoms with E-state index < -0.39 is 0 Å². The van der Waals surface area contributed by atoms with Crippen LogP contribution >= 0.6 is 11.8 Å². The average Bonchev–Trinajstić information content (AvgIpc) is 3.24. The van der Waals surface area contributed by atoms with Gasteiger partial charge in [-0.05, 0) is 60.9 Å². The summed E-state index contributed by atoms with van der Waals surface area (Å²) in [6.45, 7) is 1.81. The lowest BCUT2D eigenvalue weighted by atomic mass is 10.1. The first kappa shape index (κ1) is 21.6. The molecule has 0 saturated carbocycles. The molecule has 1 amide bonds. The number of anilines is 3. The Balaban J connectivity index is 1.64. The number of amides is 1. The highest BCUT2D eigenvalue weighted by atomic mass is 32.2. The Morgan fingerprint density at radius 2 is 1.84 bits per heavy atom. The van der Waals surface area contributed by atoms with Crippen molar-refractivity contribution in [2.45, 2.75) is 18.5 Å². The van der Waals surface area contributed by atoms with E-state index in [9.17, 15) is 9.18 Å². The van der Waals surface area contributed by atoms with Gasteiger partial charge in [-0.3, -0.25) is 4.79 Å². The third kappa shape index (κ3) is 4.97. The SMILES string of the molecule is CCC(=O)Nc1cccc(Nc2cc(-c3nc(SC)[nH]c3-c3ccc(F)cc3)ccn2)c1. The lowest BCUT2D eigenvalue weighted by Gasteiger charge is -2.10. The standard InChI is InChI=1S/C24H22FN5OS/c1-3-21(31)28-19-6-4-5-18(14-19)27-20-13-16(11-12-26-20)23-22(29-24(30-23)32-2)15-7-9-17(25)10-8-15/h4-14H,3H2,1-2H3,(H,26,27)(H,28,31)(H,29,30). The fourth-order valence-corrected chi connectivity index (χ4v) is 3.59. The topological polar surface area (TPSA) is 82.7 Å². The van der Waals surface area contributed by atoms with Crippen molar-refractivity contribution in [3.63, 3.8) is 0 Å². The van der Waals surface area contributed by atoms with Crippen molar-refractivity contribution in [1.82, 2.24) is 15.0 Å². The summed E-state index contributed by atoms with van der Waals surface area (Å²) in [6.07, 6.45) is 4.07. The molecule has 0 aliphatic carbocycles. The molecule has 0 spiro atoms. The van der Waals surface area contributed by atoms with Gasteiger partial charge in [0.2, 0.25) is 5.91 Å². The zero-order valence-electron chi connectivity index (χ0n) is 17.6. The third-order valence-electron chi connectivity index (χ3n) is 4.78. The van der Waals surface area contributed by atoms with Crippen molar-refractivity contribution in [3.8, 4) is 22.5 Å². The van der Waals surface area contributed by atoms with Crippen LogP contribution in [0.4, 0.5) is 21.6 Å². The number of H-pyrrole nitrogens is 1. The molecule has 4 rings (SSSR count). The van der Waals surface area contributed by atoms with E-state index in [1.807, 2.05) is 49.6 Å². The van der Waals surface area contributed by atoms with Gasteiger partial charge in [0.1, 0.15) is 11.6 Å². The molecular weight excluding hydrogens is 425 g/mol. The minimum Gasteiger partial charge on any atom is -0.340 e. The highest BCUT2D eigenvalue weighted by Gasteiger charge is 2.15. The molecule has 2 aromatic heterocycles. The van der Waals surface area contributed by atoms with Crippen LogP contribution in [0.5, 0.6) is 0 Å². The second-order valence-electron chi connectivity index (χ2n) is 7.01. The number of benzene rings is 2. The zero-order chi connectivity index (χ0) is 22.5. The first-order valence-corrected chi connectivity index (χ1v) is 11.3. The van der Waals surface area contributed by atoms with Crippen molar-refractivity contribution < 1.29 is 9.18 Å². The van der Waals surface area contributed by atoms with E-state index in [0.717, 1.165) is 33.4 Å². The molecule has 0 aliphatic heterocycles. The van der Waals surface area contributed by atoms with Gasteiger partial charge < -0.3 is 15.6 Å². The van der Waals surface area contributed by atoms with Crippen LogP contribution in [0.2, 0.25) is 0 Å². The number of carbonyl (C=O) groups excluding carboxylic acids is 1. The number of rotatable bonds is 7. The van der Waals surface area contributed by atoms with Crippen LogP contribution < -0.4 is 10.6 Å². The van der Waals surface area contributed by atoms with E-state index in [4.69, 9.17) is 4.98 Å². The van der Waals surface area contributed by atoms with Gasteiger partial charge in [0, 0.05) is 35.1 Å². The van der Waals surface area contributed by atoms with Gasteiger partial charge in [-0.2, -0.15) is 0 Å². The minimum absolute atomic E-state index is 0.0428. The van der Waals surface area contributed by atoms with Crippen LogP contribution in [0.25, 0.3) is 22.5 Å².